The third-order valence-corrected chi connectivity index (χ3v) is 2.83. The molecule has 0 aliphatic heterocycles. The van der Waals surface area contributed by atoms with Crippen LogP contribution in [0.4, 0.5) is 5.69 Å². The molecule has 0 saturated heterocycles. The second kappa shape index (κ2) is 8.48. The summed E-state index contributed by atoms with van der Waals surface area (Å²) in [4.78, 5) is 16.0. The summed E-state index contributed by atoms with van der Waals surface area (Å²) in [5.74, 6) is -0.149. The second-order valence-corrected chi connectivity index (χ2v) is 4.49. The van der Waals surface area contributed by atoms with Gasteiger partial charge in [-0.05, 0) is 31.9 Å². The summed E-state index contributed by atoms with van der Waals surface area (Å²) in [5, 5.41) is 6.14. The van der Waals surface area contributed by atoms with E-state index in [2.05, 4.69) is 29.5 Å². The zero-order chi connectivity index (χ0) is 14.1. The highest BCUT2D eigenvalue weighted by molar-refractivity contribution is 5.93. The highest BCUT2D eigenvalue weighted by atomic mass is 16.5. The molecule has 1 atom stereocenters. The molecule has 1 aromatic heterocycles. The van der Waals surface area contributed by atoms with Gasteiger partial charge in [-0.2, -0.15) is 0 Å². The average Bonchev–Trinajstić information content (AvgIpc) is 2.43. The summed E-state index contributed by atoms with van der Waals surface area (Å²) < 4.78 is 4.93. The summed E-state index contributed by atoms with van der Waals surface area (Å²) >= 11 is 0. The minimum Gasteiger partial charge on any atom is -0.385 e. The molecule has 106 valence electrons. The van der Waals surface area contributed by atoms with Gasteiger partial charge in [-0.25, -0.2) is 0 Å². The molecule has 0 aliphatic carbocycles. The van der Waals surface area contributed by atoms with Crippen LogP contribution in [-0.4, -0.2) is 37.2 Å². The molecule has 0 bridgehead atoms. The Hall–Kier alpha value is -1.62. The van der Waals surface area contributed by atoms with Gasteiger partial charge in [0.1, 0.15) is 5.69 Å². The Morgan fingerprint density at radius 3 is 3.00 bits per heavy atom. The van der Waals surface area contributed by atoms with E-state index in [0.29, 0.717) is 24.9 Å². The number of hydrogen-bond donors (Lipinski definition) is 2. The lowest BCUT2D eigenvalue weighted by atomic mass is 10.2. The molecule has 0 saturated carbocycles. The van der Waals surface area contributed by atoms with Crippen molar-refractivity contribution in [3.63, 3.8) is 0 Å². The fraction of sp³-hybridized carbons (Fsp3) is 0.571. The van der Waals surface area contributed by atoms with Gasteiger partial charge < -0.3 is 15.4 Å². The molecule has 1 aromatic rings. The molecule has 0 spiro atoms. The standard InChI is InChI=1S/C14H23N3O2/c1-4-11(2)17-12-6-8-15-13(10-12)14(18)16-7-5-9-19-3/h6,8,10-11H,4-5,7,9H2,1-3H3,(H,15,17)(H,16,18). The summed E-state index contributed by atoms with van der Waals surface area (Å²) in [6, 6.07) is 4.02. The van der Waals surface area contributed by atoms with E-state index >= 15 is 0 Å². The van der Waals surface area contributed by atoms with Crippen LogP contribution in [0.2, 0.25) is 0 Å². The van der Waals surface area contributed by atoms with E-state index in [0.717, 1.165) is 18.5 Å². The number of hydrogen-bond acceptors (Lipinski definition) is 4. The Labute approximate surface area is 114 Å². The first kappa shape index (κ1) is 15.4. The van der Waals surface area contributed by atoms with E-state index in [4.69, 9.17) is 4.74 Å². The molecule has 1 amide bonds. The highest BCUT2D eigenvalue weighted by Crippen LogP contribution is 2.10. The number of anilines is 1. The van der Waals surface area contributed by atoms with E-state index in [1.54, 1.807) is 19.4 Å². The van der Waals surface area contributed by atoms with Gasteiger partial charge in [0, 0.05) is 38.2 Å². The molecular formula is C14H23N3O2. The van der Waals surface area contributed by atoms with Crippen LogP contribution in [0.1, 0.15) is 37.2 Å². The number of methoxy groups -OCH3 is 1. The molecule has 0 fully saturated rings. The van der Waals surface area contributed by atoms with Crippen LogP contribution in [0.15, 0.2) is 18.3 Å². The van der Waals surface area contributed by atoms with E-state index in [9.17, 15) is 4.79 Å². The normalized spacial score (nSPS) is 11.9. The maximum Gasteiger partial charge on any atom is 0.269 e. The Balaban J connectivity index is 2.52. The van der Waals surface area contributed by atoms with Crippen molar-refractivity contribution >= 4 is 11.6 Å². The average molecular weight is 265 g/mol. The molecule has 5 nitrogen and oxygen atoms in total. The zero-order valence-corrected chi connectivity index (χ0v) is 11.9. The third kappa shape index (κ3) is 5.70. The summed E-state index contributed by atoms with van der Waals surface area (Å²) in [6.07, 6.45) is 3.47. The minimum absolute atomic E-state index is 0.149. The van der Waals surface area contributed by atoms with Crippen LogP contribution in [0.5, 0.6) is 0 Å². The first-order valence-corrected chi connectivity index (χ1v) is 6.67. The van der Waals surface area contributed by atoms with Crippen LogP contribution < -0.4 is 10.6 Å². The number of nitrogens with one attached hydrogen (secondary N) is 2. The maximum absolute atomic E-state index is 11.9. The van der Waals surface area contributed by atoms with Crippen LogP contribution in [0.25, 0.3) is 0 Å². The number of pyridine rings is 1. The predicted octanol–water partition coefficient (Wildman–Crippen LogP) is 2.06. The molecule has 1 heterocycles. The Morgan fingerprint density at radius 2 is 2.32 bits per heavy atom. The van der Waals surface area contributed by atoms with E-state index in [-0.39, 0.29) is 5.91 Å². The van der Waals surface area contributed by atoms with Crippen molar-refractivity contribution in [2.75, 3.05) is 25.6 Å². The predicted molar refractivity (Wildman–Crippen MR) is 76.4 cm³/mol. The molecule has 1 unspecified atom stereocenters. The molecule has 0 aliphatic rings. The van der Waals surface area contributed by atoms with Crippen molar-refractivity contribution in [1.29, 1.82) is 0 Å². The Bertz CT molecular complexity index is 396. The quantitative estimate of drug-likeness (QED) is 0.706. The molecular weight excluding hydrogens is 242 g/mol. The Morgan fingerprint density at radius 1 is 1.53 bits per heavy atom. The van der Waals surface area contributed by atoms with E-state index in [1.165, 1.54) is 0 Å². The lowest BCUT2D eigenvalue weighted by Gasteiger charge is -2.13. The van der Waals surface area contributed by atoms with Crippen LogP contribution in [0, 0.1) is 0 Å². The monoisotopic (exact) mass is 265 g/mol. The topological polar surface area (TPSA) is 63.2 Å². The van der Waals surface area contributed by atoms with E-state index < -0.39 is 0 Å². The number of carbonyl (C=O) groups excluding carboxylic acids is 1. The van der Waals surface area contributed by atoms with Gasteiger partial charge in [-0.15, -0.1) is 0 Å². The van der Waals surface area contributed by atoms with Crippen molar-refractivity contribution in [2.24, 2.45) is 0 Å². The maximum atomic E-state index is 11.9. The minimum atomic E-state index is -0.149. The van der Waals surface area contributed by atoms with Gasteiger partial charge in [0.05, 0.1) is 0 Å². The first-order valence-electron chi connectivity index (χ1n) is 6.67. The SMILES string of the molecule is CCC(C)Nc1ccnc(C(=O)NCCCOC)c1. The third-order valence-electron chi connectivity index (χ3n) is 2.83. The zero-order valence-electron chi connectivity index (χ0n) is 11.9. The number of amides is 1. The lowest BCUT2D eigenvalue weighted by molar-refractivity contribution is 0.0943. The van der Waals surface area contributed by atoms with Gasteiger partial charge in [0.25, 0.3) is 5.91 Å². The van der Waals surface area contributed by atoms with Crippen LogP contribution in [-0.2, 0) is 4.74 Å². The van der Waals surface area contributed by atoms with Crippen molar-refractivity contribution in [3.05, 3.63) is 24.0 Å². The molecule has 19 heavy (non-hydrogen) atoms. The number of rotatable bonds is 8. The smallest absolute Gasteiger partial charge is 0.269 e. The van der Waals surface area contributed by atoms with Gasteiger partial charge in [0.15, 0.2) is 0 Å². The summed E-state index contributed by atoms with van der Waals surface area (Å²) in [6.45, 7) is 5.45. The fourth-order valence-electron chi connectivity index (χ4n) is 1.54. The highest BCUT2D eigenvalue weighted by Gasteiger charge is 2.08. The van der Waals surface area contributed by atoms with Gasteiger partial charge in [-0.3, -0.25) is 9.78 Å². The van der Waals surface area contributed by atoms with Gasteiger partial charge >= 0.3 is 0 Å². The lowest BCUT2D eigenvalue weighted by Crippen LogP contribution is -2.26. The van der Waals surface area contributed by atoms with E-state index in [1.807, 2.05) is 6.07 Å². The largest absolute Gasteiger partial charge is 0.385 e. The molecule has 0 radical (unpaired) electrons. The summed E-state index contributed by atoms with van der Waals surface area (Å²) in [7, 11) is 1.65. The van der Waals surface area contributed by atoms with Crippen molar-refractivity contribution in [3.8, 4) is 0 Å². The van der Waals surface area contributed by atoms with Crippen LogP contribution >= 0.6 is 0 Å². The number of aromatic nitrogens is 1. The van der Waals surface area contributed by atoms with Crippen LogP contribution in [0.3, 0.4) is 0 Å². The molecule has 5 heteroatoms. The Kier molecular flexibility index (Phi) is 6.89. The van der Waals surface area contributed by atoms with Crippen molar-refractivity contribution in [1.82, 2.24) is 10.3 Å². The number of carbonyl (C=O) groups is 1. The molecule has 1 rings (SSSR count). The van der Waals surface area contributed by atoms with Gasteiger partial charge in [-0.1, -0.05) is 6.92 Å². The summed E-state index contributed by atoms with van der Waals surface area (Å²) in [5.41, 5.74) is 1.36. The number of nitrogens with zero attached hydrogens (tertiary/aromatic N) is 1. The first-order chi connectivity index (χ1) is 9.17. The van der Waals surface area contributed by atoms with Crippen molar-refractivity contribution in [2.45, 2.75) is 32.7 Å². The number of ether oxygens (including phenoxy) is 1. The molecule has 2 N–H and O–H groups in total. The second-order valence-electron chi connectivity index (χ2n) is 4.49. The van der Waals surface area contributed by atoms with Crippen molar-refractivity contribution < 1.29 is 9.53 Å². The molecule has 0 aromatic carbocycles. The fourth-order valence-corrected chi connectivity index (χ4v) is 1.54. The van der Waals surface area contributed by atoms with Gasteiger partial charge in [0.2, 0.25) is 0 Å².